The number of halogens is 1. The highest BCUT2D eigenvalue weighted by atomic mass is 35.5. The smallest absolute Gasteiger partial charge is 0.258 e. The van der Waals surface area contributed by atoms with Crippen LogP contribution in [0.15, 0.2) is 29.2 Å². The van der Waals surface area contributed by atoms with Crippen LogP contribution in [-0.4, -0.2) is 39.6 Å². The molecule has 2 aromatic heterocycles. The summed E-state index contributed by atoms with van der Waals surface area (Å²) in [6, 6.07) is 4.89. The second-order valence-corrected chi connectivity index (χ2v) is 4.56. The van der Waals surface area contributed by atoms with E-state index in [2.05, 4.69) is 4.98 Å². The highest BCUT2D eigenvalue weighted by Gasteiger charge is 2.05. The van der Waals surface area contributed by atoms with Gasteiger partial charge >= 0.3 is 0 Å². The van der Waals surface area contributed by atoms with E-state index in [9.17, 15) is 4.79 Å². The van der Waals surface area contributed by atoms with Crippen LogP contribution in [0.4, 0.5) is 0 Å². The quantitative estimate of drug-likeness (QED) is 0.889. The zero-order valence-electron chi connectivity index (χ0n) is 10.0. The molecule has 0 spiro atoms. The van der Waals surface area contributed by atoms with Crippen molar-refractivity contribution in [1.82, 2.24) is 14.3 Å². The highest BCUT2D eigenvalue weighted by Crippen LogP contribution is 2.08. The van der Waals surface area contributed by atoms with E-state index in [0.29, 0.717) is 29.5 Å². The first-order valence-electron chi connectivity index (χ1n) is 5.57. The van der Waals surface area contributed by atoms with Crippen molar-refractivity contribution in [3.8, 4) is 0 Å². The SMILES string of the molecule is CN(CCO)Cc1cc(=O)n2cc(Cl)ccc2n1. The third-order valence-electron chi connectivity index (χ3n) is 2.59. The third kappa shape index (κ3) is 2.87. The van der Waals surface area contributed by atoms with E-state index < -0.39 is 0 Å². The average molecular weight is 268 g/mol. The minimum atomic E-state index is -0.158. The van der Waals surface area contributed by atoms with Gasteiger partial charge in [0, 0.05) is 25.4 Å². The van der Waals surface area contributed by atoms with Gasteiger partial charge in [-0.3, -0.25) is 14.1 Å². The van der Waals surface area contributed by atoms with Crippen LogP contribution in [0.2, 0.25) is 5.02 Å². The van der Waals surface area contributed by atoms with E-state index in [-0.39, 0.29) is 12.2 Å². The lowest BCUT2D eigenvalue weighted by molar-refractivity contribution is 0.216. The summed E-state index contributed by atoms with van der Waals surface area (Å²) < 4.78 is 1.41. The van der Waals surface area contributed by atoms with Gasteiger partial charge in [0.25, 0.3) is 5.56 Å². The van der Waals surface area contributed by atoms with Crippen LogP contribution in [-0.2, 0) is 6.54 Å². The molecule has 0 aliphatic rings. The Morgan fingerprint density at radius 1 is 1.50 bits per heavy atom. The zero-order valence-corrected chi connectivity index (χ0v) is 10.8. The molecular formula is C12H14ClN3O2. The summed E-state index contributed by atoms with van der Waals surface area (Å²) in [5.74, 6) is 0. The van der Waals surface area contributed by atoms with Crippen molar-refractivity contribution >= 4 is 17.2 Å². The minimum absolute atomic E-state index is 0.0820. The van der Waals surface area contributed by atoms with Crippen molar-refractivity contribution in [2.24, 2.45) is 0 Å². The summed E-state index contributed by atoms with van der Waals surface area (Å²) >= 11 is 5.83. The molecule has 6 heteroatoms. The van der Waals surface area contributed by atoms with Crippen molar-refractivity contribution in [1.29, 1.82) is 0 Å². The molecule has 0 atom stereocenters. The lowest BCUT2D eigenvalue weighted by atomic mass is 10.3. The second kappa shape index (κ2) is 5.48. The summed E-state index contributed by atoms with van der Waals surface area (Å²) in [4.78, 5) is 18.2. The fourth-order valence-corrected chi connectivity index (χ4v) is 1.89. The Balaban J connectivity index is 2.37. The summed E-state index contributed by atoms with van der Waals surface area (Å²) in [5, 5.41) is 9.33. The summed E-state index contributed by atoms with van der Waals surface area (Å²) in [7, 11) is 1.86. The van der Waals surface area contributed by atoms with E-state index in [1.807, 2.05) is 11.9 Å². The minimum Gasteiger partial charge on any atom is -0.395 e. The molecule has 2 aromatic rings. The number of aliphatic hydroxyl groups excluding tert-OH is 1. The number of likely N-dealkylation sites (N-methyl/N-ethyl adjacent to an activating group) is 1. The van der Waals surface area contributed by atoms with Gasteiger partial charge in [0.15, 0.2) is 0 Å². The first kappa shape index (κ1) is 13.0. The largest absolute Gasteiger partial charge is 0.395 e. The lowest BCUT2D eigenvalue weighted by Gasteiger charge is -2.14. The molecule has 0 aliphatic heterocycles. The topological polar surface area (TPSA) is 57.8 Å². The molecule has 5 nitrogen and oxygen atoms in total. The Bertz CT molecular complexity index is 612. The van der Waals surface area contributed by atoms with Crippen molar-refractivity contribution < 1.29 is 5.11 Å². The summed E-state index contributed by atoms with van der Waals surface area (Å²) in [6.07, 6.45) is 1.55. The number of pyridine rings is 1. The number of nitrogens with zero attached hydrogens (tertiary/aromatic N) is 3. The van der Waals surface area contributed by atoms with Crippen LogP contribution in [0.1, 0.15) is 5.69 Å². The number of fused-ring (bicyclic) bond motifs is 1. The molecule has 0 saturated heterocycles. The zero-order chi connectivity index (χ0) is 13.1. The number of hydrogen-bond donors (Lipinski definition) is 1. The predicted molar refractivity (Wildman–Crippen MR) is 69.9 cm³/mol. The fraction of sp³-hybridized carbons (Fsp3) is 0.333. The number of aromatic nitrogens is 2. The van der Waals surface area contributed by atoms with Gasteiger partial charge in [-0.2, -0.15) is 0 Å². The predicted octanol–water partition coefficient (Wildman–Crippen LogP) is 0.772. The molecular weight excluding hydrogens is 254 g/mol. The van der Waals surface area contributed by atoms with Crippen LogP contribution in [0, 0.1) is 0 Å². The van der Waals surface area contributed by atoms with E-state index in [4.69, 9.17) is 16.7 Å². The molecule has 0 radical (unpaired) electrons. The summed E-state index contributed by atoms with van der Waals surface area (Å²) in [5.41, 5.74) is 1.09. The standard InChI is InChI=1S/C12H14ClN3O2/c1-15(4-5-17)8-10-6-12(18)16-7-9(13)2-3-11(16)14-10/h2-3,6-7,17H,4-5,8H2,1H3. The Labute approximate surface area is 109 Å². The van der Waals surface area contributed by atoms with Gasteiger partial charge in [-0.05, 0) is 19.2 Å². The van der Waals surface area contributed by atoms with E-state index in [1.54, 1.807) is 18.3 Å². The third-order valence-corrected chi connectivity index (χ3v) is 2.81. The molecule has 0 fully saturated rings. The number of hydrogen-bond acceptors (Lipinski definition) is 4. The maximum absolute atomic E-state index is 11.9. The van der Waals surface area contributed by atoms with Crippen molar-refractivity contribution in [3.63, 3.8) is 0 Å². The van der Waals surface area contributed by atoms with E-state index >= 15 is 0 Å². The Kier molecular flexibility index (Phi) is 3.96. The molecule has 0 unspecified atom stereocenters. The van der Waals surface area contributed by atoms with Gasteiger partial charge < -0.3 is 5.11 Å². The molecule has 2 rings (SSSR count). The highest BCUT2D eigenvalue weighted by molar-refractivity contribution is 6.30. The first-order valence-corrected chi connectivity index (χ1v) is 5.95. The molecule has 0 bridgehead atoms. The molecule has 0 aliphatic carbocycles. The molecule has 0 amide bonds. The van der Waals surface area contributed by atoms with E-state index in [1.165, 1.54) is 10.5 Å². The van der Waals surface area contributed by atoms with E-state index in [0.717, 1.165) is 0 Å². The van der Waals surface area contributed by atoms with Gasteiger partial charge in [-0.15, -0.1) is 0 Å². The van der Waals surface area contributed by atoms with Crippen molar-refractivity contribution in [2.75, 3.05) is 20.2 Å². The molecule has 1 N–H and O–H groups in total. The van der Waals surface area contributed by atoms with Crippen LogP contribution in [0.3, 0.4) is 0 Å². The van der Waals surface area contributed by atoms with Crippen molar-refractivity contribution in [2.45, 2.75) is 6.54 Å². The molecule has 2 heterocycles. The van der Waals surface area contributed by atoms with Gasteiger partial charge in [-0.1, -0.05) is 11.6 Å². The van der Waals surface area contributed by atoms with Crippen LogP contribution in [0.25, 0.3) is 5.65 Å². The first-order chi connectivity index (χ1) is 8.60. The molecule has 96 valence electrons. The fourth-order valence-electron chi connectivity index (χ4n) is 1.73. The van der Waals surface area contributed by atoms with Crippen molar-refractivity contribution in [3.05, 3.63) is 45.5 Å². The maximum Gasteiger partial charge on any atom is 0.258 e. The Morgan fingerprint density at radius 2 is 2.28 bits per heavy atom. The molecule has 0 saturated carbocycles. The van der Waals surface area contributed by atoms with Crippen LogP contribution >= 0.6 is 11.6 Å². The van der Waals surface area contributed by atoms with Gasteiger partial charge in [0.1, 0.15) is 5.65 Å². The number of rotatable bonds is 4. The lowest BCUT2D eigenvalue weighted by Crippen LogP contribution is -2.24. The van der Waals surface area contributed by atoms with Crippen LogP contribution in [0.5, 0.6) is 0 Å². The normalized spacial score (nSPS) is 11.3. The Hall–Kier alpha value is -1.43. The van der Waals surface area contributed by atoms with Gasteiger partial charge in [0.2, 0.25) is 0 Å². The maximum atomic E-state index is 11.9. The van der Waals surface area contributed by atoms with Crippen LogP contribution < -0.4 is 5.56 Å². The second-order valence-electron chi connectivity index (χ2n) is 4.12. The monoisotopic (exact) mass is 267 g/mol. The van der Waals surface area contributed by atoms with Gasteiger partial charge in [0.05, 0.1) is 17.3 Å². The number of aliphatic hydroxyl groups is 1. The average Bonchev–Trinajstić information content (AvgIpc) is 2.30. The summed E-state index contributed by atoms with van der Waals surface area (Å²) in [6.45, 7) is 1.15. The molecule has 18 heavy (non-hydrogen) atoms. The molecule has 0 aromatic carbocycles. The Morgan fingerprint density at radius 3 is 3.00 bits per heavy atom. The van der Waals surface area contributed by atoms with Gasteiger partial charge in [-0.25, -0.2) is 4.98 Å².